The van der Waals surface area contributed by atoms with Gasteiger partial charge in [0.05, 0.1) is 0 Å². The van der Waals surface area contributed by atoms with Crippen LogP contribution in [-0.4, -0.2) is 6.54 Å². The summed E-state index contributed by atoms with van der Waals surface area (Å²) in [5.74, 6) is 1.77. The molecule has 0 saturated heterocycles. The second-order valence-corrected chi connectivity index (χ2v) is 5.47. The molecule has 15 heavy (non-hydrogen) atoms. The molecule has 2 unspecified atom stereocenters. The van der Waals surface area contributed by atoms with Crippen LogP contribution in [0.15, 0.2) is 16.8 Å². The highest BCUT2D eigenvalue weighted by molar-refractivity contribution is 7.07. The molecule has 2 heteroatoms. The molecule has 1 aromatic heterocycles. The first kappa shape index (κ1) is 11.2. The van der Waals surface area contributed by atoms with Gasteiger partial charge in [0.25, 0.3) is 0 Å². The van der Waals surface area contributed by atoms with Crippen molar-refractivity contribution in [2.75, 3.05) is 6.54 Å². The van der Waals surface area contributed by atoms with Gasteiger partial charge in [-0.25, -0.2) is 0 Å². The molecule has 2 atom stereocenters. The van der Waals surface area contributed by atoms with Crippen LogP contribution in [0.2, 0.25) is 0 Å². The molecule has 1 saturated carbocycles. The van der Waals surface area contributed by atoms with Crippen LogP contribution in [-0.2, 0) is 0 Å². The van der Waals surface area contributed by atoms with Gasteiger partial charge in [0.2, 0.25) is 0 Å². The molecule has 0 aliphatic heterocycles. The van der Waals surface area contributed by atoms with Crippen molar-refractivity contribution in [3.8, 4) is 0 Å². The third kappa shape index (κ3) is 2.82. The van der Waals surface area contributed by atoms with Crippen molar-refractivity contribution in [1.82, 2.24) is 5.32 Å². The summed E-state index contributed by atoms with van der Waals surface area (Å²) in [4.78, 5) is 0. The average Bonchev–Trinajstić information content (AvgIpc) is 2.97. The minimum atomic E-state index is 0.587. The van der Waals surface area contributed by atoms with Crippen LogP contribution >= 0.6 is 11.3 Å². The number of thiophene rings is 1. The smallest absolute Gasteiger partial charge is 0.0356 e. The highest BCUT2D eigenvalue weighted by Crippen LogP contribution is 2.42. The second kappa shape index (κ2) is 5.13. The largest absolute Gasteiger partial charge is 0.310 e. The molecule has 0 radical (unpaired) electrons. The third-order valence-electron chi connectivity index (χ3n) is 3.41. The predicted molar refractivity (Wildman–Crippen MR) is 67.2 cm³/mol. The van der Waals surface area contributed by atoms with E-state index in [2.05, 4.69) is 36.0 Å². The maximum Gasteiger partial charge on any atom is 0.0356 e. The molecule has 1 aliphatic carbocycles. The standard InChI is InChI=1S/C13H21NS/c1-3-7-14-13(10(2)11-4-5-11)12-6-8-15-9-12/h6,8-11,13-14H,3-5,7H2,1-2H3. The molecule has 2 rings (SSSR count). The molecule has 0 spiro atoms. The Morgan fingerprint density at radius 2 is 2.33 bits per heavy atom. The minimum Gasteiger partial charge on any atom is -0.310 e. The topological polar surface area (TPSA) is 12.0 Å². The van der Waals surface area contributed by atoms with Gasteiger partial charge in [-0.2, -0.15) is 11.3 Å². The van der Waals surface area contributed by atoms with Crippen molar-refractivity contribution in [1.29, 1.82) is 0 Å². The summed E-state index contributed by atoms with van der Waals surface area (Å²) in [5.41, 5.74) is 1.49. The van der Waals surface area contributed by atoms with E-state index in [4.69, 9.17) is 0 Å². The summed E-state index contributed by atoms with van der Waals surface area (Å²) >= 11 is 1.81. The molecule has 1 fully saturated rings. The Bertz CT molecular complexity index is 277. The zero-order chi connectivity index (χ0) is 10.7. The van der Waals surface area contributed by atoms with E-state index in [1.54, 1.807) is 0 Å². The van der Waals surface area contributed by atoms with Crippen molar-refractivity contribution in [2.24, 2.45) is 11.8 Å². The van der Waals surface area contributed by atoms with Crippen LogP contribution in [0, 0.1) is 11.8 Å². The van der Waals surface area contributed by atoms with Crippen LogP contribution < -0.4 is 5.32 Å². The van der Waals surface area contributed by atoms with E-state index in [1.807, 2.05) is 11.3 Å². The number of nitrogens with one attached hydrogen (secondary N) is 1. The van der Waals surface area contributed by atoms with Crippen molar-refractivity contribution >= 4 is 11.3 Å². The summed E-state index contributed by atoms with van der Waals surface area (Å²) in [7, 11) is 0. The lowest BCUT2D eigenvalue weighted by molar-refractivity contribution is 0.350. The minimum absolute atomic E-state index is 0.587. The molecule has 1 N–H and O–H groups in total. The average molecular weight is 223 g/mol. The number of hydrogen-bond donors (Lipinski definition) is 1. The molecule has 0 amide bonds. The van der Waals surface area contributed by atoms with Crippen molar-refractivity contribution < 1.29 is 0 Å². The Morgan fingerprint density at radius 1 is 1.53 bits per heavy atom. The van der Waals surface area contributed by atoms with E-state index in [9.17, 15) is 0 Å². The summed E-state index contributed by atoms with van der Waals surface area (Å²) in [6, 6.07) is 2.86. The number of hydrogen-bond acceptors (Lipinski definition) is 2. The molecule has 84 valence electrons. The lowest BCUT2D eigenvalue weighted by atomic mass is 9.92. The third-order valence-corrected chi connectivity index (χ3v) is 4.11. The number of rotatable bonds is 6. The van der Waals surface area contributed by atoms with Gasteiger partial charge in [-0.3, -0.25) is 0 Å². The van der Waals surface area contributed by atoms with E-state index in [0.717, 1.165) is 18.4 Å². The predicted octanol–water partition coefficient (Wildman–Crippen LogP) is 3.83. The summed E-state index contributed by atoms with van der Waals surface area (Å²) in [6.07, 6.45) is 4.10. The van der Waals surface area contributed by atoms with Gasteiger partial charge in [0.1, 0.15) is 0 Å². The van der Waals surface area contributed by atoms with Gasteiger partial charge < -0.3 is 5.32 Å². The fraction of sp³-hybridized carbons (Fsp3) is 0.692. The van der Waals surface area contributed by atoms with Crippen LogP contribution in [0.25, 0.3) is 0 Å². The Kier molecular flexibility index (Phi) is 3.81. The van der Waals surface area contributed by atoms with Crippen LogP contribution in [0.5, 0.6) is 0 Å². The normalized spacial score (nSPS) is 20.1. The molecule has 1 aliphatic rings. The van der Waals surface area contributed by atoms with Crippen molar-refractivity contribution in [3.05, 3.63) is 22.4 Å². The molecular formula is C13H21NS. The second-order valence-electron chi connectivity index (χ2n) is 4.69. The zero-order valence-electron chi connectivity index (χ0n) is 9.70. The van der Waals surface area contributed by atoms with Crippen molar-refractivity contribution in [3.63, 3.8) is 0 Å². The molecule has 1 heterocycles. The molecule has 0 aromatic carbocycles. The Morgan fingerprint density at radius 3 is 2.87 bits per heavy atom. The first-order chi connectivity index (χ1) is 7.33. The fourth-order valence-corrected chi connectivity index (χ4v) is 2.95. The monoisotopic (exact) mass is 223 g/mol. The van der Waals surface area contributed by atoms with Gasteiger partial charge in [0, 0.05) is 6.04 Å². The summed E-state index contributed by atoms with van der Waals surface area (Å²) in [6.45, 7) is 5.78. The summed E-state index contributed by atoms with van der Waals surface area (Å²) in [5, 5.41) is 8.19. The molecule has 1 nitrogen and oxygen atoms in total. The van der Waals surface area contributed by atoms with E-state index in [-0.39, 0.29) is 0 Å². The van der Waals surface area contributed by atoms with Crippen LogP contribution in [0.3, 0.4) is 0 Å². The summed E-state index contributed by atoms with van der Waals surface area (Å²) < 4.78 is 0. The molecular weight excluding hydrogens is 202 g/mol. The van der Waals surface area contributed by atoms with Gasteiger partial charge in [-0.1, -0.05) is 13.8 Å². The van der Waals surface area contributed by atoms with Crippen molar-refractivity contribution in [2.45, 2.75) is 39.2 Å². The SMILES string of the molecule is CCCNC(c1ccsc1)C(C)C1CC1. The van der Waals surface area contributed by atoms with E-state index < -0.39 is 0 Å². The highest BCUT2D eigenvalue weighted by atomic mass is 32.1. The highest BCUT2D eigenvalue weighted by Gasteiger charge is 2.33. The maximum absolute atomic E-state index is 3.70. The molecule has 0 bridgehead atoms. The van der Waals surface area contributed by atoms with Gasteiger partial charge in [-0.15, -0.1) is 0 Å². The maximum atomic E-state index is 3.70. The quantitative estimate of drug-likeness (QED) is 0.772. The Labute approximate surface area is 96.9 Å². The van der Waals surface area contributed by atoms with E-state index >= 15 is 0 Å². The first-order valence-corrected chi connectivity index (χ1v) is 7.02. The fourth-order valence-electron chi connectivity index (χ4n) is 2.25. The van der Waals surface area contributed by atoms with E-state index in [0.29, 0.717) is 6.04 Å². The Hall–Kier alpha value is -0.340. The lowest BCUT2D eigenvalue weighted by Crippen LogP contribution is -2.28. The molecule has 1 aromatic rings. The van der Waals surface area contributed by atoms with Gasteiger partial charge in [-0.05, 0) is 60.0 Å². The Balaban J connectivity index is 2.01. The van der Waals surface area contributed by atoms with Crippen LogP contribution in [0.1, 0.15) is 44.7 Å². The van der Waals surface area contributed by atoms with Gasteiger partial charge >= 0.3 is 0 Å². The lowest BCUT2D eigenvalue weighted by Gasteiger charge is -2.24. The zero-order valence-corrected chi connectivity index (χ0v) is 10.5. The first-order valence-electron chi connectivity index (χ1n) is 6.08. The van der Waals surface area contributed by atoms with E-state index in [1.165, 1.54) is 24.8 Å². The van der Waals surface area contributed by atoms with Crippen LogP contribution in [0.4, 0.5) is 0 Å². The van der Waals surface area contributed by atoms with Gasteiger partial charge in [0.15, 0.2) is 0 Å².